The van der Waals surface area contributed by atoms with Crippen molar-refractivity contribution in [2.75, 3.05) is 24.7 Å². The van der Waals surface area contributed by atoms with Crippen LogP contribution in [0.4, 0.5) is 16.2 Å². The Bertz CT molecular complexity index is 499. The summed E-state index contributed by atoms with van der Waals surface area (Å²) < 4.78 is 0. The molecule has 0 saturated carbocycles. The molecule has 0 aromatic heterocycles. The molecule has 1 aromatic carbocycles. The average Bonchev–Trinajstić information content (AvgIpc) is 2.42. The van der Waals surface area contributed by atoms with Crippen LogP contribution < -0.4 is 16.0 Å². The molecule has 1 unspecified atom stereocenters. The van der Waals surface area contributed by atoms with Gasteiger partial charge in [0.15, 0.2) is 0 Å². The number of nitrogen functional groups attached to an aromatic ring is 1. The summed E-state index contributed by atoms with van der Waals surface area (Å²) in [5.41, 5.74) is 8.79. The molecule has 22 heavy (non-hydrogen) atoms. The standard InChI is InChI=1S/C17H30N4O/c1-7-13(4)21(17(22)19-12(2)3)11-14-10-15(18)8-9-16(14)20(5)6/h8-10,12-13H,7,11,18H2,1-6H3,(H,19,22). The van der Waals surface area contributed by atoms with Crippen LogP contribution in [-0.2, 0) is 6.54 Å². The number of carbonyl (C=O) groups excluding carboxylic acids is 1. The normalized spacial score (nSPS) is 12.1. The van der Waals surface area contributed by atoms with Crippen LogP contribution in [-0.4, -0.2) is 37.1 Å². The largest absolute Gasteiger partial charge is 0.399 e. The van der Waals surface area contributed by atoms with Gasteiger partial charge in [-0.1, -0.05) is 6.92 Å². The Morgan fingerprint density at radius 1 is 1.27 bits per heavy atom. The first-order valence-corrected chi connectivity index (χ1v) is 7.89. The van der Waals surface area contributed by atoms with E-state index in [2.05, 4.69) is 19.2 Å². The molecule has 0 radical (unpaired) electrons. The van der Waals surface area contributed by atoms with Gasteiger partial charge < -0.3 is 20.9 Å². The van der Waals surface area contributed by atoms with Gasteiger partial charge in [0.1, 0.15) is 0 Å². The van der Waals surface area contributed by atoms with Crippen molar-refractivity contribution in [2.45, 2.75) is 52.7 Å². The molecule has 0 aliphatic heterocycles. The first-order valence-electron chi connectivity index (χ1n) is 7.89. The van der Waals surface area contributed by atoms with Gasteiger partial charge in [-0.15, -0.1) is 0 Å². The quantitative estimate of drug-likeness (QED) is 0.794. The number of benzene rings is 1. The number of urea groups is 1. The molecule has 1 atom stereocenters. The zero-order valence-electron chi connectivity index (χ0n) is 14.7. The van der Waals surface area contributed by atoms with Crippen molar-refractivity contribution in [3.05, 3.63) is 23.8 Å². The minimum atomic E-state index is -0.0310. The molecule has 0 saturated heterocycles. The van der Waals surface area contributed by atoms with E-state index in [1.165, 1.54) is 0 Å². The molecule has 5 nitrogen and oxygen atoms in total. The molecule has 5 heteroatoms. The third kappa shape index (κ3) is 4.83. The Balaban J connectivity index is 3.08. The number of nitrogens with two attached hydrogens (primary N) is 1. The number of nitrogens with one attached hydrogen (secondary N) is 1. The molecule has 0 heterocycles. The van der Waals surface area contributed by atoms with Crippen molar-refractivity contribution in [2.24, 2.45) is 0 Å². The highest BCUT2D eigenvalue weighted by Gasteiger charge is 2.21. The summed E-state index contributed by atoms with van der Waals surface area (Å²) in [5, 5.41) is 2.98. The third-order valence-corrected chi connectivity index (χ3v) is 3.72. The minimum Gasteiger partial charge on any atom is -0.399 e. The fraction of sp³-hybridized carbons (Fsp3) is 0.588. The number of nitrogens with zero attached hydrogens (tertiary/aromatic N) is 2. The second-order valence-electron chi connectivity index (χ2n) is 6.27. The highest BCUT2D eigenvalue weighted by molar-refractivity contribution is 5.75. The van der Waals surface area contributed by atoms with E-state index in [9.17, 15) is 4.79 Å². The topological polar surface area (TPSA) is 61.6 Å². The highest BCUT2D eigenvalue weighted by Crippen LogP contribution is 2.24. The van der Waals surface area contributed by atoms with E-state index in [4.69, 9.17) is 5.73 Å². The average molecular weight is 306 g/mol. The summed E-state index contributed by atoms with van der Waals surface area (Å²) in [6, 6.07) is 6.09. The predicted octanol–water partition coefficient (Wildman–Crippen LogP) is 3.05. The van der Waals surface area contributed by atoms with E-state index in [1.54, 1.807) is 0 Å². The lowest BCUT2D eigenvalue weighted by molar-refractivity contribution is 0.171. The summed E-state index contributed by atoms with van der Waals surface area (Å²) in [7, 11) is 3.99. The number of amides is 2. The monoisotopic (exact) mass is 306 g/mol. The Morgan fingerprint density at radius 2 is 1.91 bits per heavy atom. The number of hydrogen-bond donors (Lipinski definition) is 2. The molecule has 3 N–H and O–H groups in total. The van der Waals surface area contributed by atoms with Gasteiger partial charge in [-0.05, 0) is 51.0 Å². The lowest BCUT2D eigenvalue weighted by Crippen LogP contribution is -2.46. The smallest absolute Gasteiger partial charge is 0.318 e. The first-order chi connectivity index (χ1) is 10.3. The van der Waals surface area contributed by atoms with Crippen LogP contribution in [0, 0.1) is 0 Å². The molecule has 1 aromatic rings. The van der Waals surface area contributed by atoms with Crippen molar-refractivity contribution < 1.29 is 4.79 Å². The maximum Gasteiger partial charge on any atom is 0.318 e. The van der Waals surface area contributed by atoms with Crippen LogP contribution in [0.2, 0.25) is 0 Å². The van der Waals surface area contributed by atoms with Crippen LogP contribution in [0.3, 0.4) is 0 Å². The van der Waals surface area contributed by atoms with Crippen molar-refractivity contribution in [1.29, 1.82) is 0 Å². The van der Waals surface area contributed by atoms with E-state index >= 15 is 0 Å². The molecule has 0 aliphatic carbocycles. The van der Waals surface area contributed by atoms with E-state index < -0.39 is 0 Å². The molecule has 124 valence electrons. The summed E-state index contributed by atoms with van der Waals surface area (Å²) >= 11 is 0. The Morgan fingerprint density at radius 3 is 2.41 bits per heavy atom. The molecule has 0 aliphatic rings. The van der Waals surface area contributed by atoms with Gasteiger partial charge in [0.05, 0.1) is 0 Å². The van der Waals surface area contributed by atoms with Gasteiger partial charge in [-0.3, -0.25) is 0 Å². The summed E-state index contributed by atoms with van der Waals surface area (Å²) in [5.74, 6) is 0. The lowest BCUT2D eigenvalue weighted by Gasteiger charge is -2.31. The van der Waals surface area contributed by atoms with Gasteiger partial charge in [-0.2, -0.15) is 0 Å². The van der Waals surface area contributed by atoms with E-state index in [1.807, 2.05) is 55.9 Å². The number of carbonyl (C=O) groups is 1. The van der Waals surface area contributed by atoms with E-state index in [0.29, 0.717) is 12.2 Å². The van der Waals surface area contributed by atoms with Gasteiger partial charge >= 0.3 is 6.03 Å². The summed E-state index contributed by atoms with van der Waals surface area (Å²) in [4.78, 5) is 16.4. The highest BCUT2D eigenvalue weighted by atomic mass is 16.2. The van der Waals surface area contributed by atoms with Gasteiger partial charge in [0.25, 0.3) is 0 Å². The van der Waals surface area contributed by atoms with Crippen molar-refractivity contribution in [3.8, 4) is 0 Å². The fourth-order valence-corrected chi connectivity index (χ4v) is 2.33. The third-order valence-electron chi connectivity index (χ3n) is 3.72. The van der Waals surface area contributed by atoms with Gasteiger partial charge in [-0.25, -0.2) is 4.79 Å². The zero-order chi connectivity index (χ0) is 16.9. The molecule has 0 fully saturated rings. The second-order valence-corrected chi connectivity index (χ2v) is 6.27. The van der Waals surface area contributed by atoms with Crippen molar-refractivity contribution in [1.82, 2.24) is 10.2 Å². The first kappa shape index (κ1) is 18.1. The van der Waals surface area contributed by atoms with Crippen LogP contribution in [0.15, 0.2) is 18.2 Å². The van der Waals surface area contributed by atoms with E-state index in [0.717, 1.165) is 17.7 Å². The lowest BCUT2D eigenvalue weighted by atomic mass is 10.1. The minimum absolute atomic E-state index is 0.0310. The number of hydrogen-bond acceptors (Lipinski definition) is 3. The van der Waals surface area contributed by atoms with E-state index in [-0.39, 0.29) is 18.1 Å². The second kappa shape index (κ2) is 7.92. The van der Waals surface area contributed by atoms with Crippen LogP contribution in [0.5, 0.6) is 0 Å². The summed E-state index contributed by atoms with van der Waals surface area (Å²) in [6.45, 7) is 8.65. The SMILES string of the molecule is CCC(C)N(Cc1cc(N)ccc1N(C)C)C(=O)NC(C)C. The molecule has 1 rings (SSSR count). The molecule has 0 spiro atoms. The Kier molecular flexibility index (Phi) is 6.53. The molecular formula is C17H30N4O. The van der Waals surface area contributed by atoms with Crippen molar-refractivity contribution >= 4 is 17.4 Å². The zero-order valence-corrected chi connectivity index (χ0v) is 14.7. The summed E-state index contributed by atoms with van der Waals surface area (Å²) in [6.07, 6.45) is 0.908. The molecule has 0 bridgehead atoms. The van der Waals surface area contributed by atoms with Crippen molar-refractivity contribution in [3.63, 3.8) is 0 Å². The van der Waals surface area contributed by atoms with Gasteiger partial charge in [0.2, 0.25) is 0 Å². The van der Waals surface area contributed by atoms with Crippen LogP contribution in [0.25, 0.3) is 0 Å². The molecule has 2 amide bonds. The number of rotatable bonds is 6. The molecular weight excluding hydrogens is 276 g/mol. The Hall–Kier alpha value is -1.91. The maximum absolute atomic E-state index is 12.5. The van der Waals surface area contributed by atoms with Crippen LogP contribution >= 0.6 is 0 Å². The number of anilines is 2. The fourth-order valence-electron chi connectivity index (χ4n) is 2.33. The predicted molar refractivity (Wildman–Crippen MR) is 94.1 cm³/mol. The maximum atomic E-state index is 12.5. The Labute approximate surface area is 134 Å². The van der Waals surface area contributed by atoms with Crippen LogP contribution in [0.1, 0.15) is 39.7 Å². The van der Waals surface area contributed by atoms with Gasteiger partial charge in [0, 0.05) is 44.1 Å².